The quantitative estimate of drug-likeness (QED) is 0.790. The van der Waals surface area contributed by atoms with Crippen LogP contribution in [0.15, 0.2) is 18.2 Å². The second kappa shape index (κ2) is 5.73. The molecule has 0 unspecified atom stereocenters. The smallest absolute Gasteiger partial charge is 0.417 e. The first-order valence-electron chi connectivity index (χ1n) is 6.70. The summed E-state index contributed by atoms with van der Waals surface area (Å²) in [6, 6.07) is 4.26. The summed E-state index contributed by atoms with van der Waals surface area (Å²) in [5.74, 6) is -0.998. The molecule has 0 radical (unpaired) electrons. The van der Waals surface area contributed by atoms with E-state index in [1.54, 1.807) is 6.92 Å². The van der Waals surface area contributed by atoms with Crippen LogP contribution in [0.25, 0.3) is 0 Å². The van der Waals surface area contributed by atoms with E-state index in [2.05, 4.69) is 10.6 Å². The zero-order valence-electron chi connectivity index (χ0n) is 12.3. The Hall–Kier alpha value is -2.29. The van der Waals surface area contributed by atoms with Crippen LogP contribution in [-0.4, -0.2) is 34.8 Å². The van der Waals surface area contributed by atoms with Gasteiger partial charge in [0.25, 0.3) is 5.91 Å². The third kappa shape index (κ3) is 3.73. The lowest BCUT2D eigenvalue weighted by atomic mass is 10.0. The average Bonchev–Trinajstić information content (AvgIpc) is 2.38. The molecule has 1 aliphatic heterocycles. The summed E-state index contributed by atoms with van der Waals surface area (Å²) in [6.07, 6.45) is -6.73. The van der Waals surface area contributed by atoms with E-state index in [9.17, 15) is 27.9 Å². The fourth-order valence-electron chi connectivity index (χ4n) is 1.90. The SMILES string of the molecule is C[C@H]1Oc2ccc(NC(=O)C[C@@](C)(O)C(F)(F)F)cc2NC1=O. The van der Waals surface area contributed by atoms with E-state index >= 15 is 0 Å². The van der Waals surface area contributed by atoms with Gasteiger partial charge in [-0.25, -0.2) is 0 Å². The van der Waals surface area contributed by atoms with Gasteiger partial charge in [-0.3, -0.25) is 9.59 Å². The van der Waals surface area contributed by atoms with Gasteiger partial charge in [0, 0.05) is 5.69 Å². The number of benzene rings is 1. The summed E-state index contributed by atoms with van der Waals surface area (Å²) in [5, 5.41) is 14.1. The number of nitrogens with one attached hydrogen (secondary N) is 2. The molecule has 0 aromatic heterocycles. The fraction of sp³-hybridized carbons (Fsp3) is 0.429. The molecule has 1 aliphatic rings. The van der Waals surface area contributed by atoms with E-state index in [0.717, 1.165) is 0 Å². The van der Waals surface area contributed by atoms with Crippen molar-refractivity contribution in [1.29, 1.82) is 0 Å². The topological polar surface area (TPSA) is 87.7 Å². The van der Waals surface area contributed by atoms with Crippen LogP contribution in [0.3, 0.4) is 0 Å². The lowest BCUT2D eigenvalue weighted by Gasteiger charge is -2.26. The van der Waals surface area contributed by atoms with Crippen LogP contribution >= 0.6 is 0 Å². The van der Waals surface area contributed by atoms with E-state index in [1.165, 1.54) is 18.2 Å². The summed E-state index contributed by atoms with van der Waals surface area (Å²) in [5.41, 5.74) is -2.66. The number of ether oxygens (including phenoxy) is 1. The van der Waals surface area contributed by atoms with Gasteiger partial charge in [0.2, 0.25) is 5.91 Å². The van der Waals surface area contributed by atoms with Crippen LogP contribution < -0.4 is 15.4 Å². The van der Waals surface area contributed by atoms with Crippen molar-refractivity contribution in [2.75, 3.05) is 10.6 Å². The Morgan fingerprint density at radius 2 is 2.09 bits per heavy atom. The van der Waals surface area contributed by atoms with Crippen molar-refractivity contribution in [2.24, 2.45) is 0 Å². The van der Waals surface area contributed by atoms with E-state index in [-0.39, 0.29) is 11.6 Å². The largest absolute Gasteiger partial charge is 0.479 e. The minimum atomic E-state index is -4.92. The van der Waals surface area contributed by atoms with E-state index in [4.69, 9.17) is 4.74 Å². The second-order valence-electron chi connectivity index (χ2n) is 5.46. The molecule has 0 bridgehead atoms. The second-order valence-corrected chi connectivity index (χ2v) is 5.46. The molecular weight excluding hydrogens is 317 g/mol. The zero-order chi connectivity index (χ0) is 17.4. The predicted molar refractivity (Wildman–Crippen MR) is 75.1 cm³/mol. The number of fused-ring (bicyclic) bond motifs is 1. The molecule has 23 heavy (non-hydrogen) atoms. The van der Waals surface area contributed by atoms with Gasteiger partial charge in [-0.15, -0.1) is 0 Å². The van der Waals surface area contributed by atoms with Crippen LogP contribution in [0.2, 0.25) is 0 Å². The molecule has 0 saturated carbocycles. The predicted octanol–water partition coefficient (Wildman–Crippen LogP) is 2.05. The summed E-state index contributed by atoms with van der Waals surface area (Å²) in [6.45, 7) is 2.09. The number of carbonyl (C=O) groups is 2. The van der Waals surface area contributed by atoms with Crippen molar-refractivity contribution in [2.45, 2.75) is 38.1 Å². The van der Waals surface area contributed by atoms with Gasteiger partial charge in [0.1, 0.15) is 5.75 Å². The molecular formula is C14H15F3N2O4. The van der Waals surface area contributed by atoms with Gasteiger partial charge >= 0.3 is 6.18 Å². The Morgan fingerprint density at radius 3 is 2.70 bits per heavy atom. The Labute approximate surface area is 129 Å². The van der Waals surface area contributed by atoms with Crippen LogP contribution in [-0.2, 0) is 9.59 Å². The van der Waals surface area contributed by atoms with Gasteiger partial charge in [0.15, 0.2) is 11.7 Å². The maximum atomic E-state index is 12.5. The monoisotopic (exact) mass is 332 g/mol. The van der Waals surface area contributed by atoms with Crippen LogP contribution in [0.4, 0.5) is 24.5 Å². The standard InChI is InChI=1S/C14H15F3N2O4/c1-7-12(21)19-9-5-8(3-4-10(9)23-7)18-11(20)6-13(2,22)14(15,16)17/h3-5,7,22H,6H2,1-2H3,(H,18,20)(H,19,21)/t7-,13-/m1/s1. The lowest BCUT2D eigenvalue weighted by Crippen LogP contribution is -2.44. The van der Waals surface area contributed by atoms with Crippen molar-refractivity contribution in [3.8, 4) is 5.75 Å². The molecule has 2 rings (SSSR count). The number of rotatable bonds is 3. The van der Waals surface area contributed by atoms with Gasteiger partial charge < -0.3 is 20.5 Å². The first-order chi connectivity index (χ1) is 10.5. The Kier molecular flexibility index (Phi) is 4.25. The summed E-state index contributed by atoms with van der Waals surface area (Å²) >= 11 is 0. The number of halogens is 3. The molecule has 2 amide bonds. The Balaban J connectivity index is 2.08. The normalized spacial score (nSPS) is 19.9. The number of alkyl halides is 3. The highest BCUT2D eigenvalue weighted by atomic mass is 19.4. The summed E-state index contributed by atoms with van der Waals surface area (Å²) in [4.78, 5) is 23.2. The van der Waals surface area contributed by atoms with Gasteiger partial charge in [-0.2, -0.15) is 13.2 Å². The van der Waals surface area contributed by atoms with Crippen LogP contribution in [0.1, 0.15) is 20.3 Å². The fourth-order valence-corrected chi connectivity index (χ4v) is 1.90. The summed E-state index contributed by atoms with van der Waals surface area (Å²) in [7, 11) is 0. The van der Waals surface area contributed by atoms with Crippen LogP contribution in [0.5, 0.6) is 5.75 Å². The third-order valence-electron chi connectivity index (χ3n) is 3.31. The highest BCUT2D eigenvalue weighted by Gasteiger charge is 2.51. The van der Waals surface area contributed by atoms with Crippen molar-refractivity contribution >= 4 is 23.2 Å². The van der Waals surface area contributed by atoms with Crippen molar-refractivity contribution < 1.29 is 32.6 Å². The first-order valence-corrected chi connectivity index (χ1v) is 6.70. The minimum Gasteiger partial charge on any atom is -0.479 e. The molecule has 3 N–H and O–H groups in total. The molecule has 126 valence electrons. The molecule has 0 spiro atoms. The molecule has 1 heterocycles. The highest BCUT2D eigenvalue weighted by molar-refractivity contribution is 5.99. The maximum Gasteiger partial charge on any atom is 0.417 e. The Bertz CT molecular complexity index is 643. The summed E-state index contributed by atoms with van der Waals surface area (Å²) < 4.78 is 42.9. The molecule has 9 heteroatoms. The maximum absolute atomic E-state index is 12.5. The molecule has 0 fully saturated rings. The average molecular weight is 332 g/mol. The van der Waals surface area contributed by atoms with E-state index in [0.29, 0.717) is 18.4 Å². The van der Waals surface area contributed by atoms with Crippen LogP contribution in [0, 0.1) is 0 Å². The molecule has 1 aromatic carbocycles. The van der Waals surface area contributed by atoms with Crippen molar-refractivity contribution in [3.05, 3.63) is 18.2 Å². The lowest BCUT2D eigenvalue weighted by molar-refractivity contribution is -0.252. The number of carbonyl (C=O) groups excluding carboxylic acids is 2. The van der Waals surface area contributed by atoms with Gasteiger partial charge in [-0.05, 0) is 32.0 Å². The van der Waals surface area contributed by atoms with Crippen molar-refractivity contribution in [1.82, 2.24) is 0 Å². The van der Waals surface area contributed by atoms with E-state index in [1.807, 2.05) is 0 Å². The highest BCUT2D eigenvalue weighted by Crippen LogP contribution is 2.34. The third-order valence-corrected chi connectivity index (χ3v) is 3.31. The molecule has 1 aromatic rings. The van der Waals surface area contributed by atoms with E-state index < -0.39 is 30.2 Å². The number of hydrogen-bond acceptors (Lipinski definition) is 4. The minimum absolute atomic E-state index is 0.171. The Morgan fingerprint density at radius 1 is 1.43 bits per heavy atom. The molecule has 2 atom stereocenters. The first kappa shape index (κ1) is 17.1. The van der Waals surface area contributed by atoms with Crippen molar-refractivity contribution in [3.63, 3.8) is 0 Å². The molecule has 0 aliphatic carbocycles. The zero-order valence-corrected chi connectivity index (χ0v) is 12.3. The molecule has 0 saturated heterocycles. The number of amides is 2. The number of aliphatic hydroxyl groups is 1. The van der Waals surface area contributed by atoms with Gasteiger partial charge in [-0.1, -0.05) is 0 Å². The van der Waals surface area contributed by atoms with Gasteiger partial charge in [0.05, 0.1) is 12.1 Å². The molecule has 6 nitrogen and oxygen atoms in total. The number of anilines is 2. The number of hydrogen-bond donors (Lipinski definition) is 3.